The van der Waals surface area contributed by atoms with Gasteiger partial charge in [0.2, 0.25) is 5.91 Å². The van der Waals surface area contributed by atoms with E-state index in [1.807, 2.05) is 25.7 Å². The van der Waals surface area contributed by atoms with E-state index in [0.29, 0.717) is 44.7 Å². The van der Waals surface area contributed by atoms with E-state index < -0.39 is 5.60 Å². The molecule has 0 aromatic carbocycles. The molecule has 1 aliphatic heterocycles. The summed E-state index contributed by atoms with van der Waals surface area (Å²) in [7, 11) is 0. The molecule has 1 rings (SSSR count). The van der Waals surface area contributed by atoms with Gasteiger partial charge in [0.15, 0.2) is 0 Å². The fourth-order valence-electron chi connectivity index (χ4n) is 2.63. The van der Waals surface area contributed by atoms with E-state index in [1.54, 1.807) is 4.90 Å². The van der Waals surface area contributed by atoms with Crippen LogP contribution in [-0.4, -0.2) is 66.2 Å². The van der Waals surface area contributed by atoms with Crippen molar-refractivity contribution in [2.45, 2.75) is 59.6 Å². The van der Waals surface area contributed by atoms with E-state index in [-0.39, 0.29) is 12.0 Å². The number of piperazine rings is 1. The quantitative estimate of drug-likeness (QED) is 0.840. The summed E-state index contributed by atoms with van der Waals surface area (Å²) >= 11 is 0. The van der Waals surface area contributed by atoms with Crippen molar-refractivity contribution in [3.8, 4) is 0 Å². The maximum Gasteiger partial charge on any atom is 0.410 e. The van der Waals surface area contributed by atoms with Crippen molar-refractivity contribution in [2.75, 3.05) is 32.7 Å². The molecule has 0 aliphatic carbocycles. The Bertz CT molecular complexity index is 396. The molecule has 0 aromatic heterocycles. The standard InChI is InChI=1S/C17H33N3O3/c1-13(2)11-14(3)18-12-15(21)19-7-9-20(10-8-19)16(22)23-17(4,5)6/h13-14,18H,7-12H2,1-6H3. The number of ether oxygens (including phenoxy) is 1. The number of amides is 2. The summed E-state index contributed by atoms with van der Waals surface area (Å²) < 4.78 is 5.36. The van der Waals surface area contributed by atoms with Crippen molar-refractivity contribution >= 4 is 12.0 Å². The first kappa shape index (κ1) is 19.7. The van der Waals surface area contributed by atoms with E-state index in [0.717, 1.165) is 6.42 Å². The molecule has 0 radical (unpaired) electrons. The van der Waals surface area contributed by atoms with Crippen LogP contribution >= 0.6 is 0 Å². The second-order valence-corrected chi connectivity index (χ2v) is 7.76. The smallest absolute Gasteiger partial charge is 0.410 e. The van der Waals surface area contributed by atoms with E-state index in [4.69, 9.17) is 4.74 Å². The Labute approximate surface area is 140 Å². The van der Waals surface area contributed by atoms with Crippen LogP contribution in [0.3, 0.4) is 0 Å². The van der Waals surface area contributed by atoms with Crippen LogP contribution < -0.4 is 5.32 Å². The molecule has 0 spiro atoms. The number of hydrogen-bond donors (Lipinski definition) is 1. The molecule has 6 heteroatoms. The lowest BCUT2D eigenvalue weighted by Crippen LogP contribution is -2.53. The predicted octanol–water partition coefficient (Wildman–Crippen LogP) is 2.09. The minimum Gasteiger partial charge on any atom is -0.444 e. The molecule has 1 fully saturated rings. The van der Waals surface area contributed by atoms with Gasteiger partial charge >= 0.3 is 6.09 Å². The van der Waals surface area contributed by atoms with Crippen molar-refractivity contribution in [1.82, 2.24) is 15.1 Å². The normalized spacial score (nSPS) is 17.3. The second kappa shape index (κ2) is 8.52. The summed E-state index contributed by atoms with van der Waals surface area (Å²) in [6.45, 7) is 14.6. The lowest BCUT2D eigenvalue weighted by molar-refractivity contribution is -0.132. The van der Waals surface area contributed by atoms with Crippen LogP contribution in [0.1, 0.15) is 48.0 Å². The van der Waals surface area contributed by atoms with E-state index in [9.17, 15) is 9.59 Å². The van der Waals surface area contributed by atoms with Crippen molar-refractivity contribution in [3.05, 3.63) is 0 Å². The first-order valence-corrected chi connectivity index (χ1v) is 8.57. The van der Waals surface area contributed by atoms with Crippen molar-refractivity contribution in [2.24, 2.45) is 5.92 Å². The van der Waals surface area contributed by atoms with E-state index in [1.165, 1.54) is 0 Å². The molecule has 1 unspecified atom stereocenters. The number of rotatable bonds is 5. The molecule has 0 saturated carbocycles. The second-order valence-electron chi connectivity index (χ2n) is 7.76. The zero-order valence-electron chi connectivity index (χ0n) is 15.5. The highest BCUT2D eigenvalue weighted by atomic mass is 16.6. The Morgan fingerprint density at radius 2 is 1.57 bits per heavy atom. The lowest BCUT2D eigenvalue weighted by Gasteiger charge is -2.35. The fourth-order valence-corrected chi connectivity index (χ4v) is 2.63. The monoisotopic (exact) mass is 327 g/mol. The molecule has 1 heterocycles. The maximum absolute atomic E-state index is 12.2. The molecule has 0 bridgehead atoms. The number of nitrogens with zero attached hydrogens (tertiary/aromatic N) is 2. The maximum atomic E-state index is 12.2. The van der Waals surface area contributed by atoms with Gasteiger partial charge in [-0.2, -0.15) is 0 Å². The molecule has 23 heavy (non-hydrogen) atoms. The van der Waals surface area contributed by atoms with Gasteiger partial charge in [0.25, 0.3) is 0 Å². The van der Waals surface area contributed by atoms with Gasteiger partial charge in [0, 0.05) is 32.2 Å². The highest BCUT2D eigenvalue weighted by Crippen LogP contribution is 2.12. The predicted molar refractivity (Wildman–Crippen MR) is 91.3 cm³/mol. The Morgan fingerprint density at radius 1 is 1.04 bits per heavy atom. The Kier molecular flexibility index (Phi) is 7.32. The van der Waals surface area contributed by atoms with Gasteiger partial charge < -0.3 is 19.9 Å². The van der Waals surface area contributed by atoms with Gasteiger partial charge in [0.05, 0.1) is 6.54 Å². The number of nitrogens with one attached hydrogen (secondary N) is 1. The molecule has 1 N–H and O–H groups in total. The summed E-state index contributed by atoms with van der Waals surface area (Å²) in [5.74, 6) is 0.717. The molecule has 134 valence electrons. The largest absolute Gasteiger partial charge is 0.444 e. The highest BCUT2D eigenvalue weighted by molar-refractivity contribution is 5.78. The summed E-state index contributed by atoms with van der Waals surface area (Å²) in [5, 5.41) is 3.28. The molecule has 1 atom stereocenters. The average molecular weight is 327 g/mol. The Hall–Kier alpha value is -1.30. The third kappa shape index (κ3) is 7.68. The topological polar surface area (TPSA) is 61.9 Å². The molecular formula is C17H33N3O3. The van der Waals surface area contributed by atoms with Crippen molar-refractivity contribution in [1.29, 1.82) is 0 Å². The van der Waals surface area contributed by atoms with Crippen LogP contribution in [0.2, 0.25) is 0 Å². The van der Waals surface area contributed by atoms with E-state index >= 15 is 0 Å². The zero-order valence-corrected chi connectivity index (χ0v) is 15.5. The average Bonchev–Trinajstić information content (AvgIpc) is 2.42. The van der Waals surface area contributed by atoms with Crippen LogP contribution in [0.4, 0.5) is 4.79 Å². The van der Waals surface area contributed by atoms with Crippen LogP contribution in [0.25, 0.3) is 0 Å². The van der Waals surface area contributed by atoms with Crippen LogP contribution in [0.5, 0.6) is 0 Å². The first-order valence-electron chi connectivity index (χ1n) is 8.57. The Balaban J connectivity index is 2.32. The summed E-state index contributed by atoms with van der Waals surface area (Å²) in [4.78, 5) is 27.7. The van der Waals surface area contributed by atoms with Gasteiger partial charge in [-0.15, -0.1) is 0 Å². The number of carbonyl (C=O) groups is 2. The summed E-state index contributed by atoms with van der Waals surface area (Å²) in [6, 6.07) is 0.335. The number of hydrogen-bond acceptors (Lipinski definition) is 4. The SMILES string of the molecule is CC(C)CC(C)NCC(=O)N1CCN(C(=O)OC(C)(C)C)CC1. The third-order valence-electron chi connectivity index (χ3n) is 3.71. The van der Waals surface area contributed by atoms with Crippen molar-refractivity contribution < 1.29 is 14.3 Å². The lowest BCUT2D eigenvalue weighted by atomic mass is 10.1. The Morgan fingerprint density at radius 3 is 2.04 bits per heavy atom. The fraction of sp³-hybridized carbons (Fsp3) is 0.882. The minimum absolute atomic E-state index is 0.101. The highest BCUT2D eigenvalue weighted by Gasteiger charge is 2.27. The van der Waals surface area contributed by atoms with Crippen LogP contribution in [0, 0.1) is 5.92 Å². The van der Waals surface area contributed by atoms with Gasteiger partial charge in [0.1, 0.15) is 5.60 Å². The molecule has 1 aliphatic rings. The molecule has 1 saturated heterocycles. The summed E-state index contributed by atoms with van der Waals surface area (Å²) in [5.41, 5.74) is -0.486. The number of carbonyl (C=O) groups excluding carboxylic acids is 2. The molecule has 6 nitrogen and oxygen atoms in total. The van der Waals surface area contributed by atoms with E-state index in [2.05, 4.69) is 26.1 Å². The van der Waals surface area contributed by atoms with Gasteiger partial charge in [-0.1, -0.05) is 13.8 Å². The molecule has 2 amide bonds. The molecular weight excluding hydrogens is 294 g/mol. The first-order chi connectivity index (χ1) is 10.6. The van der Waals surface area contributed by atoms with Gasteiger partial charge in [-0.3, -0.25) is 4.79 Å². The van der Waals surface area contributed by atoms with Crippen LogP contribution in [0.15, 0.2) is 0 Å². The molecule has 0 aromatic rings. The zero-order chi connectivity index (χ0) is 17.6. The van der Waals surface area contributed by atoms with Crippen LogP contribution in [-0.2, 0) is 9.53 Å². The minimum atomic E-state index is -0.486. The van der Waals surface area contributed by atoms with Gasteiger partial charge in [-0.05, 0) is 40.0 Å². The third-order valence-corrected chi connectivity index (χ3v) is 3.71. The van der Waals surface area contributed by atoms with Gasteiger partial charge in [-0.25, -0.2) is 4.79 Å². The summed E-state index contributed by atoms with van der Waals surface area (Å²) in [6.07, 6.45) is 0.757. The van der Waals surface area contributed by atoms with Crippen molar-refractivity contribution in [3.63, 3.8) is 0 Å².